The lowest BCUT2D eigenvalue weighted by Gasteiger charge is -2.16. The van der Waals surface area contributed by atoms with Gasteiger partial charge in [-0.2, -0.15) is 0 Å². The molecule has 0 fully saturated rings. The maximum absolute atomic E-state index is 12.2. The second-order valence-electron chi connectivity index (χ2n) is 5.63. The fourth-order valence-corrected chi connectivity index (χ4v) is 3.32. The summed E-state index contributed by atoms with van der Waals surface area (Å²) in [5.74, 6) is 0.250. The van der Waals surface area contributed by atoms with Crippen molar-refractivity contribution in [2.45, 2.75) is 38.9 Å². The predicted octanol–water partition coefficient (Wildman–Crippen LogP) is 2.15. The van der Waals surface area contributed by atoms with Gasteiger partial charge in [-0.15, -0.1) is 0 Å². The highest BCUT2D eigenvalue weighted by atomic mass is 32.2. The number of anilines is 1. The van der Waals surface area contributed by atoms with Crippen LogP contribution in [0.1, 0.15) is 32.8 Å². The summed E-state index contributed by atoms with van der Waals surface area (Å²) in [6.45, 7) is 5.71. The summed E-state index contributed by atoms with van der Waals surface area (Å²) in [7, 11) is -1.79. The smallest absolute Gasteiger partial charge is 0.235 e. The van der Waals surface area contributed by atoms with E-state index in [1.54, 1.807) is 38.2 Å². The van der Waals surface area contributed by atoms with E-state index in [0.717, 1.165) is 5.56 Å². The molecule has 1 unspecified atom stereocenters. The van der Waals surface area contributed by atoms with Crippen LogP contribution in [0.5, 0.6) is 0 Å². The first-order chi connectivity index (χ1) is 9.74. The molecule has 1 amide bonds. The Morgan fingerprint density at radius 2 is 1.71 bits per heavy atom. The average Bonchev–Trinajstić information content (AvgIpc) is 2.39. The van der Waals surface area contributed by atoms with Crippen LogP contribution in [0.2, 0.25) is 0 Å². The first-order valence-corrected chi connectivity index (χ1v) is 8.60. The van der Waals surface area contributed by atoms with Crippen molar-refractivity contribution in [1.29, 1.82) is 0 Å². The van der Waals surface area contributed by atoms with Crippen LogP contribution >= 0.6 is 0 Å². The van der Waals surface area contributed by atoms with Crippen molar-refractivity contribution in [3.8, 4) is 0 Å². The van der Waals surface area contributed by atoms with Gasteiger partial charge in [0.15, 0.2) is 0 Å². The number of sulfonamides is 1. The zero-order valence-corrected chi connectivity index (χ0v) is 13.8. The van der Waals surface area contributed by atoms with Crippen LogP contribution in [-0.2, 0) is 21.2 Å². The van der Waals surface area contributed by atoms with Crippen molar-refractivity contribution in [3.63, 3.8) is 0 Å². The minimum absolute atomic E-state index is 0.0751. The lowest BCUT2D eigenvalue weighted by molar-refractivity contribution is -0.119. The molecule has 0 spiro atoms. The number of rotatable bonds is 7. The Morgan fingerprint density at radius 1 is 1.14 bits per heavy atom. The van der Waals surface area contributed by atoms with Gasteiger partial charge in [0.1, 0.15) is 0 Å². The van der Waals surface area contributed by atoms with Crippen molar-refractivity contribution >= 4 is 21.6 Å². The summed E-state index contributed by atoms with van der Waals surface area (Å²) in [6, 6.07) is 6.86. The van der Waals surface area contributed by atoms with E-state index in [0.29, 0.717) is 18.0 Å². The van der Waals surface area contributed by atoms with E-state index in [-0.39, 0.29) is 12.3 Å². The van der Waals surface area contributed by atoms with Gasteiger partial charge in [0.25, 0.3) is 0 Å². The number of nitrogens with one attached hydrogen (secondary N) is 2. The zero-order valence-electron chi connectivity index (χ0n) is 13.0. The fraction of sp³-hybridized carbons (Fsp3) is 0.533. The number of carbonyl (C=O) groups excluding carboxylic acids is 1. The van der Waals surface area contributed by atoms with Gasteiger partial charge in [0.2, 0.25) is 15.9 Å². The quantitative estimate of drug-likeness (QED) is 0.810. The first-order valence-electron chi connectivity index (χ1n) is 7.05. The number of hydrogen-bond acceptors (Lipinski definition) is 3. The second kappa shape index (κ2) is 7.45. The molecule has 0 aliphatic carbocycles. The van der Waals surface area contributed by atoms with Gasteiger partial charge < -0.3 is 5.32 Å². The van der Waals surface area contributed by atoms with Crippen LogP contribution in [0.4, 0.5) is 5.69 Å². The molecule has 5 nitrogen and oxygen atoms in total. The molecule has 0 radical (unpaired) electrons. The maximum atomic E-state index is 12.2. The number of carbonyl (C=O) groups is 1. The third kappa shape index (κ3) is 5.75. The molecule has 0 saturated carbocycles. The molecular weight excluding hydrogens is 288 g/mol. The van der Waals surface area contributed by atoms with E-state index < -0.39 is 15.3 Å². The van der Waals surface area contributed by atoms with Gasteiger partial charge in [0.05, 0.1) is 11.7 Å². The molecule has 0 aromatic heterocycles. The van der Waals surface area contributed by atoms with Crippen LogP contribution in [-0.4, -0.2) is 26.6 Å². The van der Waals surface area contributed by atoms with Gasteiger partial charge >= 0.3 is 0 Å². The van der Waals surface area contributed by atoms with Gasteiger partial charge in [-0.1, -0.05) is 26.0 Å². The van der Waals surface area contributed by atoms with Gasteiger partial charge in [-0.25, -0.2) is 8.42 Å². The van der Waals surface area contributed by atoms with E-state index in [9.17, 15) is 13.2 Å². The highest BCUT2D eigenvalue weighted by Crippen LogP contribution is 2.17. The lowest BCUT2D eigenvalue weighted by atomic mass is 10.1. The summed E-state index contributed by atoms with van der Waals surface area (Å²) in [5.41, 5.74) is 1.36. The van der Waals surface area contributed by atoms with Crippen LogP contribution in [0, 0.1) is 5.92 Å². The van der Waals surface area contributed by atoms with Crippen LogP contribution < -0.4 is 10.0 Å². The number of likely N-dealkylation sites (N-methyl/N-ethyl adjacent to an activating group) is 1. The first kappa shape index (κ1) is 17.5. The summed E-state index contributed by atoms with van der Waals surface area (Å²) in [5, 5.41) is 2.11. The van der Waals surface area contributed by atoms with E-state index >= 15 is 0 Å². The highest BCUT2D eigenvalue weighted by Gasteiger charge is 2.21. The molecule has 0 bridgehead atoms. The van der Waals surface area contributed by atoms with Gasteiger partial charge in [-0.3, -0.25) is 9.52 Å². The molecule has 0 aliphatic heterocycles. The topological polar surface area (TPSA) is 75.3 Å². The normalized spacial score (nSPS) is 13.0. The van der Waals surface area contributed by atoms with Crippen LogP contribution in [0.25, 0.3) is 0 Å². The third-order valence-corrected chi connectivity index (χ3v) is 4.96. The summed E-state index contributed by atoms with van der Waals surface area (Å²) >= 11 is 0. The van der Waals surface area contributed by atoms with Gasteiger partial charge in [-0.05, 0) is 37.0 Å². The molecule has 0 aliphatic rings. The predicted molar refractivity (Wildman–Crippen MR) is 85.7 cm³/mol. The monoisotopic (exact) mass is 312 g/mol. The Morgan fingerprint density at radius 3 is 2.19 bits per heavy atom. The Kier molecular flexibility index (Phi) is 6.20. The summed E-state index contributed by atoms with van der Waals surface area (Å²) in [6.07, 6.45) is 0.900. The van der Waals surface area contributed by atoms with Crippen molar-refractivity contribution in [2.24, 2.45) is 5.92 Å². The summed E-state index contributed by atoms with van der Waals surface area (Å²) in [4.78, 5) is 11.3. The highest BCUT2D eigenvalue weighted by molar-refractivity contribution is 7.93. The zero-order chi connectivity index (χ0) is 16.0. The molecule has 1 aromatic carbocycles. The SMILES string of the molecule is CNC(=O)Cc1ccc(NS(=O)(=O)C(C)CC(C)C)cc1. The Balaban J connectivity index is 2.73. The Labute approximate surface area is 127 Å². The van der Waals surface area contributed by atoms with E-state index in [2.05, 4.69) is 10.0 Å². The molecule has 118 valence electrons. The van der Waals surface area contributed by atoms with Crippen LogP contribution in [0.15, 0.2) is 24.3 Å². The standard InChI is InChI=1S/C15H24N2O3S/c1-11(2)9-12(3)21(19,20)17-14-7-5-13(6-8-14)10-15(18)16-4/h5-8,11-12,17H,9-10H2,1-4H3,(H,16,18). The Bertz CT molecular complexity index is 565. The number of hydrogen-bond donors (Lipinski definition) is 2. The largest absolute Gasteiger partial charge is 0.359 e. The molecule has 1 atom stereocenters. The van der Waals surface area contributed by atoms with Crippen molar-refractivity contribution in [1.82, 2.24) is 5.32 Å². The molecule has 0 saturated heterocycles. The van der Waals surface area contributed by atoms with E-state index in [4.69, 9.17) is 0 Å². The van der Waals surface area contributed by atoms with Crippen LogP contribution in [0.3, 0.4) is 0 Å². The molecule has 1 aromatic rings. The second-order valence-corrected chi connectivity index (χ2v) is 7.73. The minimum Gasteiger partial charge on any atom is -0.359 e. The van der Waals surface area contributed by atoms with Crippen molar-refractivity contribution < 1.29 is 13.2 Å². The third-order valence-electron chi connectivity index (χ3n) is 3.19. The Hall–Kier alpha value is -1.56. The fourth-order valence-electron chi connectivity index (χ4n) is 2.02. The lowest BCUT2D eigenvalue weighted by Crippen LogP contribution is -2.26. The van der Waals surface area contributed by atoms with Crippen molar-refractivity contribution in [2.75, 3.05) is 11.8 Å². The average molecular weight is 312 g/mol. The molecule has 2 N–H and O–H groups in total. The number of benzene rings is 1. The molecular formula is C15H24N2O3S. The van der Waals surface area contributed by atoms with E-state index in [1.807, 2.05) is 13.8 Å². The van der Waals surface area contributed by atoms with E-state index in [1.165, 1.54) is 0 Å². The molecule has 1 rings (SSSR count). The van der Waals surface area contributed by atoms with Gasteiger partial charge in [0, 0.05) is 12.7 Å². The summed E-state index contributed by atoms with van der Waals surface area (Å²) < 4.78 is 26.9. The molecule has 0 heterocycles. The van der Waals surface area contributed by atoms with Crippen molar-refractivity contribution in [3.05, 3.63) is 29.8 Å². The maximum Gasteiger partial charge on any atom is 0.235 e. The molecule has 6 heteroatoms. The number of amides is 1. The minimum atomic E-state index is -3.38. The molecule has 21 heavy (non-hydrogen) atoms.